The lowest BCUT2D eigenvalue weighted by Gasteiger charge is -2.35. The van der Waals surface area contributed by atoms with E-state index in [0.29, 0.717) is 38.4 Å². The van der Waals surface area contributed by atoms with Crippen molar-refractivity contribution in [2.75, 3.05) is 37.6 Å². The molecule has 2 aliphatic rings. The van der Waals surface area contributed by atoms with Crippen LogP contribution in [-0.2, 0) is 12.7 Å². The van der Waals surface area contributed by atoms with E-state index < -0.39 is 23.7 Å². The second-order valence-corrected chi connectivity index (χ2v) is 8.52. The van der Waals surface area contributed by atoms with E-state index in [2.05, 4.69) is 14.9 Å². The summed E-state index contributed by atoms with van der Waals surface area (Å²) in [5.74, 6) is -1.20. The zero-order chi connectivity index (χ0) is 23.8. The summed E-state index contributed by atoms with van der Waals surface area (Å²) in [7, 11) is 0. The highest BCUT2D eigenvalue weighted by molar-refractivity contribution is 5.86. The second kappa shape index (κ2) is 9.05. The Labute approximate surface area is 189 Å². The van der Waals surface area contributed by atoms with Crippen LogP contribution >= 0.6 is 0 Å². The average molecular weight is 465 g/mol. The van der Waals surface area contributed by atoms with Gasteiger partial charge in [0.25, 0.3) is 0 Å². The van der Waals surface area contributed by atoms with Crippen LogP contribution in [0.1, 0.15) is 41.4 Å². The smallest absolute Gasteiger partial charge is 0.416 e. The molecule has 2 aromatic rings. The monoisotopic (exact) mass is 465 g/mol. The Hall–Kier alpha value is -3.08. The SMILES string of the molecule is C[C@H]1CCCN1c1cc(C(F)(F)F)ccc1CN1CCN(C(=O)n2ccc(C(=O)O)n2)CC1. The molecule has 4 rings (SSSR count). The first-order valence-electron chi connectivity index (χ1n) is 10.9. The molecule has 1 aromatic heterocycles. The highest BCUT2D eigenvalue weighted by Gasteiger charge is 2.33. The first-order chi connectivity index (χ1) is 15.6. The summed E-state index contributed by atoms with van der Waals surface area (Å²) >= 11 is 0. The maximum absolute atomic E-state index is 13.3. The molecule has 2 aliphatic heterocycles. The Bertz CT molecular complexity index is 1030. The van der Waals surface area contributed by atoms with Crippen LogP contribution in [0.15, 0.2) is 30.5 Å². The van der Waals surface area contributed by atoms with Gasteiger partial charge in [0.2, 0.25) is 0 Å². The van der Waals surface area contributed by atoms with E-state index in [1.54, 1.807) is 11.0 Å². The fraction of sp³-hybridized carbons (Fsp3) is 0.500. The molecule has 0 spiro atoms. The zero-order valence-electron chi connectivity index (χ0n) is 18.3. The Balaban J connectivity index is 1.44. The summed E-state index contributed by atoms with van der Waals surface area (Å²) in [6.45, 7) is 5.19. The Morgan fingerprint density at radius 3 is 2.42 bits per heavy atom. The summed E-state index contributed by atoms with van der Waals surface area (Å²) in [5, 5.41) is 12.7. The van der Waals surface area contributed by atoms with E-state index in [4.69, 9.17) is 5.11 Å². The summed E-state index contributed by atoms with van der Waals surface area (Å²) in [6.07, 6.45) is -1.17. The van der Waals surface area contributed by atoms with E-state index in [1.807, 2.05) is 6.92 Å². The number of aromatic carboxylic acids is 1. The predicted octanol–water partition coefficient (Wildman–Crippen LogP) is 3.37. The van der Waals surface area contributed by atoms with Crippen LogP contribution < -0.4 is 4.90 Å². The van der Waals surface area contributed by atoms with E-state index in [-0.39, 0.29) is 11.7 Å². The van der Waals surface area contributed by atoms with Crippen molar-refractivity contribution in [2.24, 2.45) is 0 Å². The van der Waals surface area contributed by atoms with Gasteiger partial charge in [0.15, 0.2) is 5.69 Å². The molecule has 8 nitrogen and oxygen atoms in total. The number of hydrogen-bond donors (Lipinski definition) is 1. The molecule has 1 atom stereocenters. The fourth-order valence-electron chi connectivity index (χ4n) is 4.46. The van der Waals surface area contributed by atoms with Crippen molar-refractivity contribution in [3.05, 3.63) is 47.3 Å². The predicted molar refractivity (Wildman–Crippen MR) is 114 cm³/mol. The lowest BCUT2D eigenvalue weighted by Crippen LogP contribution is -2.49. The summed E-state index contributed by atoms with van der Waals surface area (Å²) < 4.78 is 41.0. The molecule has 0 bridgehead atoms. The molecule has 1 aromatic carbocycles. The average Bonchev–Trinajstić information content (AvgIpc) is 3.43. The van der Waals surface area contributed by atoms with Crippen molar-refractivity contribution >= 4 is 17.7 Å². The van der Waals surface area contributed by atoms with Crippen LogP contribution in [0.5, 0.6) is 0 Å². The number of carboxylic acid groups (broad SMARTS) is 1. The highest BCUT2D eigenvalue weighted by Crippen LogP contribution is 2.36. The van der Waals surface area contributed by atoms with Gasteiger partial charge in [-0.05, 0) is 43.5 Å². The van der Waals surface area contributed by atoms with Crippen LogP contribution in [0.4, 0.5) is 23.7 Å². The molecular weight excluding hydrogens is 439 g/mol. The summed E-state index contributed by atoms with van der Waals surface area (Å²) in [4.78, 5) is 29.3. The molecule has 2 fully saturated rings. The van der Waals surface area contributed by atoms with E-state index in [0.717, 1.165) is 35.7 Å². The van der Waals surface area contributed by atoms with Crippen molar-refractivity contribution in [3.63, 3.8) is 0 Å². The van der Waals surface area contributed by atoms with Crippen LogP contribution in [0.3, 0.4) is 0 Å². The van der Waals surface area contributed by atoms with Crippen LogP contribution in [0.2, 0.25) is 0 Å². The standard InChI is InChI=1S/C22H26F3N5O3/c1-15-3-2-7-29(15)19-13-17(22(23,24)25)5-4-16(19)14-27-9-11-28(12-10-27)21(33)30-8-6-18(26-30)20(31)32/h4-6,8,13,15H,2-3,7,9-12,14H2,1H3,(H,31,32)/t15-/m0/s1. The highest BCUT2D eigenvalue weighted by atomic mass is 19.4. The number of rotatable bonds is 4. The molecule has 0 saturated carbocycles. The molecule has 11 heteroatoms. The third-order valence-corrected chi connectivity index (χ3v) is 6.32. The van der Waals surface area contributed by atoms with Gasteiger partial charge in [-0.25, -0.2) is 9.59 Å². The van der Waals surface area contributed by atoms with Crippen molar-refractivity contribution in [2.45, 2.75) is 38.5 Å². The normalized spacial score (nSPS) is 19.8. The fourth-order valence-corrected chi connectivity index (χ4v) is 4.46. The molecule has 2 saturated heterocycles. The Morgan fingerprint density at radius 1 is 1.12 bits per heavy atom. The largest absolute Gasteiger partial charge is 0.476 e. The molecule has 178 valence electrons. The van der Waals surface area contributed by atoms with E-state index >= 15 is 0 Å². The minimum absolute atomic E-state index is 0.187. The van der Waals surface area contributed by atoms with Crippen molar-refractivity contribution in [1.29, 1.82) is 0 Å². The van der Waals surface area contributed by atoms with Gasteiger partial charge in [-0.1, -0.05) is 6.07 Å². The number of hydrogen-bond acceptors (Lipinski definition) is 5. The third kappa shape index (κ3) is 4.97. The minimum atomic E-state index is -4.39. The molecule has 3 heterocycles. The molecule has 1 amide bonds. The lowest BCUT2D eigenvalue weighted by atomic mass is 10.1. The number of benzene rings is 1. The van der Waals surface area contributed by atoms with Crippen molar-refractivity contribution < 1.29 is 27.9 Å². The lowest BCUT2D eigenvalue weighted by molar-refractivity contribution is -0.137. The number of carbonyl (C=O) groups excluding carboxylic acids is 1. The number of carbonyl (C=O) groups is 2. The number of piperazine rings is 1. The van der Waals surface area contributed by atoms with Gasteiger partial charge in [-0.15, -0.1) is 0 Å². The first-order valence-corrected chi connectivity index (χ1v) is 10.9. The number of anilines is 1. The van der Waals surface area contributed by atoms with Crippen LogP contribution in [0.25, 0.3) is 0 Å². The topological polar surface area (TPSA) is 81.9 Å². The first kappa shape index (κ1) is 23.1. The van der Waals surface area contributed by atoms with Gasteiger partial charge in [0.1, 0.15) is 0 Å². The quantitative estimate of drug-likeness (QED) is 0.746. The van der Waals surface area contributed by atoms with Gasteiger partial charge in [0, 0.05) is 57.2 Å². The molecule has 0 aliphatic carbocycles. The van der Waals surface area contributed by atoms with Gasteiger partial charge in [-0.2, -0.15) is 23.0 Å². The van der Waals surface area contributed by atoms with Crippen LogP contribution in [0, 0.1) is 0 Å². The van der Waals surface area contributed by atoms with Gasteiger partial charge >= 0.3 is 18.2 Å². The van der Waals surface area contributed by atoms with E-state index in [9.17, 15) is 22.8 Å². The summed E-state index contributed by atoms with van der Waals surface area (Å²) in [6, 6.07) is 5.01. The number of halogens is 3. The van der Waals surface area contributed by atoms with Crippen LogP contribution in [-0.4, -0.2) is 75.5 Å². The minimum Gasteiger partial charge on any atom is -0.476 e. The Kier molecular flexibility index (Phi) is 6.33. The van der Waals surface area contributed by atoms with Gasteiger partial charge in [0.05, 0.1) is 5.56 Å². The molecular formula is C22H26F3N5O3. The summed E-state index contributed by atoms with van der Waals surface area (Å²) in [5.41, 5.74) is 0.629. The number of alkyl halides is 3. The van der Waals surface area contributed by atoms with Gasteiger partial charge < -0.3 is 14.9 Å². The van der Waals surface area contributed by atoms with Crippen molar-refractivity contribution in [3.8, 4) is 0 Å². The second-order valence-electron chi connectivity index (χ2n) is 8.52. The molecule has 0 radical (unpaired) electrons. The third-order valence-electron chi connectivity index (χ3n) is 6.32. The van der Waals surface area contributed by atoms with Crippen molar-refractivity contribution in [1.82, 2.24) is 19.6 Å². The number of carboxylic acids is 1. The molecule has 33 heavy (non-hydrogen) atoms. The van der Waals surface area contributed by atoms with Gasteiger partial charge in [-0.3, -0.25) is 4.90 Å². The Morgan fingerprint density at radius 2 is 1.85 bits per heavy atom. The maximum Gasteiger partial charge on any atom is 0.416 e. The number of nitrogens with zero attached hydrogens (tertiary/aromatic N) is 5. The maximum atomic E-state index is 13.3. The number of amides is 1. The zero-order valence-corrected chi connectivity index (χ0v) is 18.3. The molecule has 1 N–H and O–H groups in total. The number of aromatic nitrogens is 2. The van der Waals surface area contributed by atoms with E-state index in [1.165, 1.54) is 18.3 Å². The molecule has 0 unspecified atom stereocenters.